The van der Waals surface area contributed by atoms with E-state index in [0.717, 1.165) is 19.6 Å². The van der Waals surface area contributed by atoms with Crippen LogP contribution in [-0.4, -0.2) is 22.1 Å². The van der Waals surface area contributed by atoms with Crippen LogP contribution in [0.15, 0.2) is 42.5 Å². The molecule has 0 aliphatic heterocycles. The number of hydrogen-bond acceptors (Lipinski definition) is 1. The Balaban J connectivity index is 2.03. The first kappa shape index (κ1) is 17.0. The van der Waals surface area contributed by atoms with Crippen molar-refractivity contribution in [2.75, 3.05) is 6.54 Å². The topological polar surface area (TPSA) is 8.17 Å². The third-order valence-electron chi connectivity index (χ3n) is 4.87. The molecule has 1 aromatic heterocycles. The maximum absolute atomic E-state index is 2.57. The third kappa shape index (κ3) is 3.21. The van der Waals surface area contributed by atoms with Crippen LogP contribution in [0, 0.1) is 5.92 Å². The number of para-hydroxylation sites is 1. The van der Waals surface area contributed by atoms with Gasteiger partial charge in [-0.2, -0.15) is 0 Å². The van der Waals surface area contributed by atoms with Gasteiger partial charge in [-0.1, -0.05) is 38.1 Å². The molecule has 0 radical (unpaired) electrons. The molecular weight excluding hydrogens is 292 g/mol. The number of aromatic nitrogens is 1. The molecule has 0 atom stereocenters. The van der Waals surface area contributed by atoms with Gasteiger partial charge in [0.2, 0.25) is 0 Å². The van der Waals surface area contributed by atoms with E-state index < -0.39 is 0 Å². The second kappa shape index (κ2) is 6.98. The highest BCUT2D eigenvalue weighted by Gasteiger charge is 2.14. The van der Waals surface area contributed by atoms with Gasteiger partial charge in [-0.05, 0) is 50.5 Å². The van der Waals surface area contributed by atoms with Crippen LogP contribution in [0.2, 0.25) is 0 Å². The molecule has 24 heavy (non-hydrogen) atoms. The Morgan fingerprint density at radius 3 is 2.29 bits per heavy atom. The molecule has 0 bridgehead atoms. The Morgan fingerprint density at radius 1 is 0.917 bits per heavy atom. The Labute approximate surface area is 146 Å². The number of fused-ring (bicyclic) bond motifs is 3. The molecule has 0 saturated heterocycles. The van der Waals surface area contributed by atoms with Crippen LogP contribution in [0.25, 0.3) is 21.8 Å². The minimum absolute atomic E-state index is 0.570. The van der Waals surface area contributed by atoms with E-state index in [4.69, 9.17) is 0 Å². The van der Waals surface area contributed by atoms with Crippen molar-refractivity contribution in [1.29, 1.82) is 0 Å². The summed E-state index contributed by atoms with van der Waals surface area (Å²) in [7, 11) is 0. The third-order valence-corrected chi connectivity index (χ3v) is 4.87. The first-order valence-electron chi connectivity index (χ1n) is 9.25. The minimum Gasteiger partial charge on any atom is -0.341 e. The minimum atomic E-state index is 0.570. The van der Waals surface area contributed by atoms with E-state index in [9.17, 15) is 0 Å². The Bertz CT molecular complexity index is 826. The number of benzene rings is 2. The molecule has 0 fully saturated rings. The maximum atomic E-state index is 2.57. The van der Waals surface area contributed by atoms with Crippen LogP contribution < -0.4 is 0 Å². The van der Waals surface area contributed by atoms with Crippen LogP contribution >= 0.6 is 0 Å². The zero-order valence-corrected chi connectivity index (χ0v) is 15.7. The lowest BCUT2D eigenvalue weighted by atomic mass is 10.1. The number of aryl methyl sites for hydroxylation is 1. The molecular formula is C22H30N2. The average molecular weight is 322 g/mol. The molecule has 2 aromatic carbocycles. The van der Waals surface area contributed by atoms with E-state index in [1.54, 1.807) is 0 Å². The van der Waals surface area contributed by atoms with E-state index >= 15 is 0 Å². The first-order chi connectivity index (χ1) is 11.5. The lowest BCUT2D eigenvalue weighted by molar-refractivity contribution is 0.189. The standard InChI is InChI=1S/C22H30N2/c1-6-24-21-10-8-7-9-19(21)20-13-18(11-12-22(20)24)15-23(17(4)5)14-16(2)3/h7-13,16-17H,6,14-15H2,1-5H3. The monoisotopic (exact) mass is 322 g/mol. The molecule has 128 valence electrons. The van der Waals surface area contributed by atoms with E-state index in [0.29, 0.717) is 12.0 Å². The summed E-state index contributed by atoms with van der Waals surface area (Å²) in [6, 6.07) is 16.4. The first-order valence-corrected chi connectivity index (χ1v) is 9.25. The smallest absolute Gasteiger partial charge is 0.0491 e. The van der Waals surface area contributed by atoms with Crippen LogP contribution in [-0.2, 0) is 13.1 Å². The Hall–Kier alpha value is -1.80. The fourth-order valence-corrected chi connectivity index (χ4v) is 3.70. The van der Waals surface area contributed by atoms with Gasteiger partial charge in [0, 0.05) is 47.5 Å². The summed E-state index contributed by atoms with van der Waals surface area (Å²) in [5.74, 6) is 0.693. The lowest BCUT2D eigenvalue weighted by Crippen LogP contribution is -2.33. The fraction of sp³-hybridized carbons (Fsp3) is 0.455. The number of rotatable bonds is 6. The summed E-state index contributed by atoms with van der Waals surface area (Å²) in [5.41, 5.74) is 4.10. The fourth-order valence-electron chi connectivity index (χ4n) is 3.70. The van der Waals surface area contributed by atoms with Gasteiger partial charge in [-0.3, -0.25) is 4.90 Å². The van der Waals surface area contributed by atoms with Crippen LogP contribution in [0.4, 0.5) is 0 Å². The molecule has 0 aliphatic rings. The molecule has 0 saturated carbocycles. The van der Waals surface area contributed by atoms with Crippen LogP contribution in [0.3, 0.4) is 0 Å². The zero-order valence-electron chi connectivity index (χ0n) is 15.7. The van der Waals surface area contributed by atoms with Gasteiger partial charge < -0.3 is 4.57 Å². The molecule has 2 heteroatoms. The maximum Gasteiger partial charge on any atom is 0.0491 e. The molecule has 3 rings (SSSR count). The van der Waals surface area contributed by atoms with Gasteiger partial charge in [0.25, 0.3) is 0 Å². The van der Waals surface area contributed by atoms with Gasteiger partial charge in [0.15, 0.2) is 0 Å². The quantitative estimate of drug-likeness (QED) is 0.567. The molecule has 1 heterocycles. The SMILES string of the molecule is CCn1c2ccccc2c2cc(CN(CC(C)C)C(C)C)ccc21. The zero-order chi connectivity index (χ0) is 17.3. The van der Waals surface area contributed by atoms with Gasteiger partial charge in [-0.15, -0.1) is 0 Å². The Kier molecular flexibility index (Phi) is 4.96. The highest BCUT2D eigenvalue weighted by Crippen LogP contribution is 2.30. The van der Waals surface area contributed by atoms with E-state index in [1.807, 2.05) is 0 Å². The van der Waals surface area contributed by atoms with E-state index in [1.165, 1.54) is 27.4 Å². The summed E-state index contributed by atoms with van der Waals surface area (Å²) >= 11 is 0. The van der Waals surface area contributed by atoms with Crippen molar-refractivity contribution in [2.24, 2.45) is 5.92 Å². The molecule has 0 spiro atoms. The lowest BCUT2D eigenvalue weighted by Gasteiger charge is -2.28. The predicted octanol–water partition coefficient (Wildman–Crippen LogP) is 5.68. The highest BCUT2D eigenvalue weighted by molar-refractivity contribution is 6.08. The van der Waals surface area contributed by atoms with E-state index in [-0.39, 0.29) is 0 Å². The number of nitrogens with zero attached hydrogens (tertiary/aromatic N) is 2. The summed E-state index contributed by atoms with van der Waals surface area (Å²) in [5, 5.41) is 2.76. The predicted molar refractivity (Wildman–Crippen MR) is 106 cm³/mol. The second-order valence-corrected chi connectivity index (χ2v) is 7.53. The van der Waals surface area contributed by atoms with Crippen molar-refractivity contribution in [2.45, 2.75) is 53.8 Å². The summed E-state index contributed by atoms with van der Waals surface area (Å²) in [6.07, 6.45) is 0. The average Bonchev–Trinajstić information content (AvgIpc) is 2.87. The summed E-state index contributed by atoms with van der Waals surface area (Å²) in [4.78, 5) is 2.57. The van der Waals surface area contributed by atoms with Crippen molar-refractivity contribution in [3.63, 3.8) is 0 Å². The highest BCUT2D eigenvalue weighted by atomic mass is 15.1. The van der Waals surface area contributed by atoms with Crippen molar-refractivity contribution in [3.05, 3.63) is 48.0 Å². The number of hydrogen-bond donors (Lipinski definition) is 0. The molecule has 0 amide bonds. The van der Waals surface area contributed by atoms with Crippen molar-refractivity contribution >= 4 is 21.8 Å². The molecule has 2 nitrogen and oxygen atoms in total. The van der Waals surface area contributed by atoms with Gasteiger partial charge in [0.05, 0.1) is 0 Å². The Morgan fingerprint density at radius 2 is 1.62 bits per heavy atom. The van der Waals surface area contributed by atoms with Crippen LogP contribution in [0.5, 0.6) is 0 Å². The van der Waals surface area contributed by atoms with Crippen molar-refractivity contribution in [1.82, 2.24) is 9.47 Å². The molecule has 3 aromatic rings. The van der Waals surface area contributed by atoms with Crippen molar-refractivity contribution < 1.29 is 0 Å². The van der Waals surface area contributed by atoms with Gasteiger partial charge in [0.1, 0.15) is 0 Å². The molecule has 0 N–H and O–H groups in total. The van der Waals surface area contributed by atoms with Crippen molar-refractivity contribution in [3.8, 4) is 0 Å². The largest absolute Gasteiger partial charge is 0.341 e. The molecule has 0 aliphatic carbocycles. The second-order valence-electron chi connectivity index (χ2n) is 7.53. The normalized spacial score (nSPS) is 12.3. The van der Waals surface area contributed by atoms with Gasteiger partial charge >= 0.3 is 0 Å². The van der Waals surface area contributed by atoms with Gasteiger partial charge in [-0.25, -0.2) is 0 Å². The summed E-state index contributed by atoms with van der Waals surface area (Å²) < 4.78 is 2.42. The van der Waals surface area contributed by atoms with Crippen LogP contribution in [0.1, 0.15) is 40.2 Å². The molecule has 0 unspecified atom stereocenters. The summed E-state index contributed by atoms with van der Waals surface area (Å²) in [6.45, 7) is 14.6. The van der Waals surface area contributed by atoms with E-state index in [2.05, 4.69) is 86.6 Å².